The van der Waals surface area contributed by atoms with Crippen molar-refractivity contribution >= 4 is 18.3 Å². The van der Waals surface area contributed by atoms with Crippen molar-refractivity contribution < 1.29 is 22.8 Å². The molecule has 1 aromatic heterocycles. The highest BCUT2D eigenvalue weighted by atomic mass is 35.5. The van der Waals surface area contributed by atoms with Gasteiger partial charge in [-0.25, -0.2) is 8.78 Å². The van der Waals surface area contributed by atoms with Crippen LogP contribution < -0.4 is 10.6 Å². The molecule has 1 aromatic carbocycles. The van der Waals surface area contributed by atoms with E-state index >= 15 is 0 Å². The van der Waals surface area contributed by atoms with Crippen LogP contribution in [0.5, 0.6) is 0 Å². The van der Waals surface area contributed by atoms with E-state index in [0.29, 0.717) is 19.7 Å². The summed E-state index contributed by atoms with van der Waals surface area (Å²) in [6, 6.07) is 3.43. The first-order chi connectivity index (χ1) is 11.1. The fourth-order valence-corrected chi connectivity index (χ4v) is 2.14. The molecule has 0 radical (unpaired) electrons. The van der Waals surface area contributed by atoms with Gasteiger partial charge in [0.1, 0.15) is 23.3 Å². The van der Waals surface area contributed by atoms with Crippen molar-refractivity contribution in [2.75, 3.05) is 19.7 Å². The van der Waals surface area contributed by atoms with Crippen molar-refractivity contribution in [2.45, 2.75) is 12.6 Å². The summed E-state index contributed by atoms with van der Waals surface area (Å²) in [5.74, 6) is -2.09. The van der Waals surface area contributed by atoms with E-state index in [-0.39, 0.29) is 36.6 Å². The zero-order valence-corrected chi connectivity index (χ0v) is 13.2. The molecule has 7 nitrogen and oxygen atoms in total. The molecule has 0 spiro atoms. The average Bonchev–Trinajstić information content (AvgIpc) is 3.02. The summed E-state index contributed by atoms with van der Waals surface area (Å²) in [7, 11) is 0. The number of carbonyl (C=O) groups is 1. The summed E-state index contributed by atoms with van der Waals surface area (Å²) in [6.45, 7) is 1.55. The molecule has 1 amide bonds. The number of amides is 1. The van der Waals surface area contributed by atoms with Crippen LogP contribution in [0.4, 0.5) is 8.78 Å². The lowest BCUT2D eigenvalue weighted by molar-refractivity contribution is -0.134. The highest BCUT2D eigenvalue weighted by molar-refractivity contribution is 5.85. The van der Waals surface area contributed by atoms with E-state index in [4.69, 9.17) is 9.26 Å². The van der Waals surface area contributed by atoms with E-state index in [9.17, 15) is 13.6 Å². The lowest BCUT2D eigenvalue weighted by atomic mass is 10.2. The molecular formula is C14H15ClF2N4O3. The average molecular weight is 361 g/mol. The number of nitrogens with one attached hydrogen (secondary N) is 2. The van der Waals surface area contributed by atoms with Gasteiger partial charge in [-0.3, -0.25) is 4.79 Å². The predicted molar refractivity (Wildman–Crippen MR) is 81.4 cm³/mol. The maximum atomic E-state index is 13.6. The number of ether oxygens (including phenoxy) is 1. The van der Waals surface area contributed by atoms with Gasteiger partial charge in [0.25, 0.3) is 11.8 Å². The van der Waals surface area contributed by atoms with E-state index in [0.717, 1.165) is 12.1 Å². The quantitative estimate of drug-likeness (QED) is 0.847. The zero-order valence-electron chi connectivity index (χ0n) is 12.4. The first kappa shape index (κ1) is 18.2. The minimum atomic E-state index is -0.800. The third-order valence-corrected chi connectivity index (χ3v) is 3.29. The van der Waals surface area contributed by atoms with Crippen LogP contribution >= 0.6 is 12.4 Å². The molecular weight excluding hydrogens is 346 g/mol. The summed E-state index contributed by atoms with van der Waals surface area (Å²) >= 11 is 0. The molecule has 0 aliphatic carbocycles. The second-order valence-electron chi connectivity index (χ2n) is 4.89. The van der Waals surface area contributed by atoms with Gasteiger partial charge in [-0.1, -0.05) is 11.2 Å². The summed E-state index contributed by atoms with van der Waals surface area (Å²) < 4.78 is 37.4. The summed E-state index contributed by atoms with van der Waals surface area (Å²) in [5, 5.41) is 9.22. The van der Waals surface area contributed by atoms with Crippen molar-refractivity contribution in [1.82, 2.24) is 20.8 Å². The second-order valence-corrected chi connectivity index (χ2v) is 4.89. The van der Waals surface area contributed by atoms with Crippen molar-refractivity contribution in [1.29, 1.82) is 0 Å². The Hall–Kier alpha value is -2.10. The first-order valence-corrected chi connectivity index (χ1v) is 7.02. The van der Waals surface area contributed by atoms with Crippen LogP contribution in [0.2, 0.25) is 0 Å². The van der Waals surface area contributed by atoms with Crippen LogP contribution in [0.1, 0.15) is 5.82 Å². The topological polar surface area (TPSA) is 89.3 Å². The molecule has 1 aliphatic rings. The van der Waals surface area contributed by atoms with Gasteiger partial charge in [-0.05, 0) is 12.1 Å². The van der Waals surface area contributed by atoms with Gasteiger partial charge < -0.3 is 19.9 Å². The molecule has 130 valence electrons. The Morgan fingerprint density at radius 1 is 1.38 bits per heavy atom. The molecule has 0 saturated carbocycles. The Morgan fingerprint density at radius 2 is 2.12 bits per heavy atom. The second kappa shape index (κ2) is 8.13. The monoisotopic (exact) mass is 360 g/mol. The van der Waals surface area contributed by atoms with Gasteiger partial charge >= 0.3 is 0 Å². The molecule has 3 rings (SSSR count). The number of hydrogen-bond donors (Lipinski definition) is 2. The number of rotatable bonds is 4. The fraction of sp³-hybridized carbons (Fsp3) is 0.357. The summed E-state index contributed by atoms with van der Waals surface area (Å²) in [4.78, 5) is 15.8. The minimum absolute atomic E-state index is 0. The van der Waals surface area contributed by atoms with E-state index in [1.54, 1.807) is 0 Å². The Kier molecular flexibility index (Phi) is 6.18. The number of hydrogen-bond acceptors (Lipinski definition) is 6. The van der Waals surface area contributed by atoms with Crippen LogP contribution in [0, 0.1) is 11.6 Å². The number of aromatic nitrogens is 2. The van der Waals surface area contributed by atoms with Crippen molar-refractivity contribution in [3.8, 4) is 11.5 Å². The van der Waals surface area contributed by atoms with Gasteiger partial charge in [0.2, 0.25) is 0 Å². The largest absolute Gasteiger partial charge is 0.366 e. The SMILES string of the molecule is Cl.O=C(NCc1noc(-c2c(F)cccc2F)n1)C1CNCCO1. The van der Waals surface area contributed by atoms with Gasteiger partial charge in [0, 0.05) is 13.1 Å². The molecule has 1 unspecified atom stereocenters. The fourth-order valence-electron chi connectivity index (χ4n) is 2.14. The van der Waals surface area contributed by atoms with Crippen molar-refractivity contribution in [2.24, 2.45) is 0 Å². The van der Waals surface area contributed by atoms with Crippen LogP contribution in [0.25, 0.3) is 11.5 Å². The Labute approximate surface area is 142 Å². The molecule has 2 heterocycles. The van der Waals surface area contributed by atoms with Crippen LogP contribution in [-0.2, 0) is 16.1 Å². The van der Waals surface area contributed by atoms with Gasteiger partial charge in [-0.2, -0.15) is 4.98 Å². The number of nitrogens with zero attached hydrogens (tertiary/aromatic N) is 2. The molecule has 1 aliphatic heterocycles. The predicted octanol–water partition coefficient (Wildman–Crippen LogP) is 1.04. The Morgan fingerprint density at radius 3 is 2.79 bits per heavy atom. The van der Waals surface area contributed by atoms with E-state index in [1.807, 2.05) is 0 Å². The van der Waals surface area contributed by atoms with Gasteiger partial charge in [0.05, 0.1) is 13.2 Å². The molecule has 24 heavy (non-hydrogen) atoms. The molecule has 0 bridgehead atoms. The normalized spacial score (nSPS) is 17.2. The highest BCUT2D eigenvalue weighted by Crippen LogP contribution is 2.24. The lowest BCUT2D eigenvalue weighted by Gasteiger charge is -2.22. The third-order valence-electron chi connectivity index (χ3n) is 3.29. The minimum Gasteiger partial charge on any atom is -0.366 e. The number of halogens is 3. The summed E-state index contributed by atoms with van der Waals surface area (Å²) in [5.41, 5.74) is -0.391. The molecule has 1 atom stereocenters. The van der Waals surface area contributed by atoms with Gasteiger partial charge in [-0.15, -0.1) is 12.4 Å². The zero-order chi connectivity index (χ0) is 16.2. The third kappa shape index (κ3) is 4.05. The first-order valence-electron chi connectivity index (χ1n) is 7.02. The van der Waals surface area contributed by atoms with E-state index < -0.39 is 23.3 Å². The number of morpholine rings is 1. The van der Waals surface area contributed by atoms with Crippen LogP contribution in [-0.4, -0.2) is 41.8 Å². The van der Waals surface area contributed by atoms with E-state index in [2.05, 4.69) is 20.8 Å². The number of carbonyl (C=O) groups excluding carboxylic acids is 1. The molecule has 1 fully saturated rings. The molecule has 2 aromatic rings. The smallest absolute Gasteiger partial charge is 0.263 e. The maximum absolute atomic E-state index is 13.6. The van der Waals surface area contributed by atoms with E-state index in [1.165, 1.54) is 6.07 Å². The van der Waals surface area contributed by atoms with Crippen LogP contribution in [0.3, 0.4) is 0 Å². The molecule has 10 heteroatoms. The van der Waals surface area contributed by atoms with Crippen molar-refractivity contribution in [3.05, 3.63) is 35.7 Å². The maximum Gasteiger partial charge on any atom is 0.263 e. The lowest BCUT2D eigenvalue weighted by Crippen LogP contribution is -2.47. The van der Waals surface area contributed by atoms with Crippen molar-refractivity contribution in [3.63, 3.8) is 0 Å². The summed E-state index contributed by atoms with van der Waals surface area (Å²) in [6.07, 6.45) is -0.584. The molecule has 1 saturated heterocycles. The van der Waals surface area contributed by atoms with Gasteiger partial charge in [0.15, 0.2) is 5.82 Å². The highest BCUT2D eigenvalue weighted by Gasteiger charge is 2.22. The van der Waals surface area contributed by atoms with Crippen LogP contribution in [0.15, 0.2) is 22.7 Å². The standard InChI is InChI=1S/C14H14F2N4O3.ClH/c15-8-2-1-3-9(16)12(8)14-19-11(20-23-14)7-18-13(21)10-6-17-4-5-22-10;/h1-3,10,17H,4-7H2,(H,18,21);1H. The molecule has 2 N–H and O–H groups in total. The Bertz CT molecular complexity index is 687. The number of benzene rings is 1. The Balaban J connectivity index is 0.00000208.